The lowest BCUT2D eigenvalue weighted by molar-refractivity contribution is 0.0978. The van der Waals surface area contributed by atoms with E-state index in [0.717, 1.165) is 12.0 Å². The highest BCUT2D eigenvalue weighted by molar-refractivity contribution is 5.96. The van der Waals surface area contributed by atoms with Crippen LogP contribution in [0.5, 0.6) is 0 Å². The molecule has 0 saturated carbocycles. The molecule has 0 aliphatic heterocycles. The average molecular weight is 205 g/mol. The minimum absolute atomic E-state index is 0.0977. The molecule has 1 atom stereocenters. The predicted molar refractivity (Wildman–Crippen MR) is 63.1 cm³/mol. The molecule has 0 heterocycles. The minimum Gasteiger partial charge on any atom is -0.328 e. The SMILES string of the molecule is Cc1ccc(C(=O)CCC(C)N)cc1C. The van der Waals surface area contributed by atoms with E-state index in [1.165, 1.54) is 11.1 Å². The van der Waals surface area contributed by atoms with Gasteiger partial charge in [0.25, 0.3) is 0 Å². The van der Waals surface area contributed by atoms with Crippen molar-refractivity contribution >= 4 is 5.78 Å². The van der Waals surface area contributed by atoms with Crippen LogP contribution in [0.25, 0.3) is 0 Å². The molecule has 0 aliphatic rings. The first-order valence-electron chi connectivity index (χ1n) is 5.36. The van der Waals surface area contributed by atoms with Gasteiger partial charge >= 0.3 is 0 Å². The molecule has 1 aromatic rings. The molecular formula is C13H19NO. The molecule has 0 aromatic heterocycles. The molecular weight excluding hydrogens is 186 g/mol. The Labute approximate surface area is 91.5 Å². The molecule has 0 saturated heterocycles. The molecule has 2 heteroatoms. The van der Waals surface area contributed by atoms with E-state index in [2.05, 4.69) is 0 Å². The Balaban J connectivity index is 2.70. The summed E-state index contributed by atoms with van der Waals surface area (Å²) < 4.78 is 0. The van der Waals surface area contributed by atoms with Gasteiger partial charge in [-0.1, -0.05) is 12.1 Å². The highest BCUT2D eigenvalue weighted by Gasteiger charge is 2.07. The van der Waals surface area contributed by atoms with E-state index in [9.17, 15) is 4.79 Å². The van der Waals surface area contributed by atoms with Crippen LogP contribution < -0.4 is 5.73 Å². The molecule has 0 radical (unpaired) electrons. The summed E-state index contributed by atoms with van der Waals surface area (Å²) in [6.45, 7) is 6.00. The van der Waals surface area contributed by atoms with Gasteiger partial charge in [-0.3, -0.25) is 4.79 Å². The van der Waals surface area contributed by atoms with E-state index in [4.69, 9.17) is 5.73 Å². The van der Waals surface area contributed by atoms with Crippen molar-refractivity contribution in [2.75, 3.05) is 0 Å². The van der Waals surface area contributed by atoms with Crippen molar-refractivity contribution in [2.24, 2.45) is 5.73 Å². The molecule has 1 aromatic carbocycles. The Kier molecular flexibility index (Phi) is 4.04. The third-order valence-electron chi connectivity index (χ3n) is 2.66. The highest BCUT2D eigenvalue weighted by Crippen LogP contribution is 2.12. The summed E-state index contributed by atoms with van der Waals surface area (Å²) in [5.74, 6) is 0.190. The third kappa shape index (κ3) is 3.48. The van der Waals surface area contributed by atoms with Crippen LogP contribution in [-0.4, -0.2) is 11.8 Å². The van der Waals surface area contributed by atoms with Crippen LogP contribution in [0.3, 0.4) is 0 Å². The average Bonchev–Trinajstić information content (AvgIpc) is 2.18. The van der Waals surface area contributed by atoms with E-state index in [1.807, 2.05) is 39.0 Å². The van der Waals surface area contributed by atoms with E-state index >= 15 is 0 Å². The van der Waals surface area contributed by atoms with E-state index in [-0.39, 0.29) is 11.8 Å². The van der Waals surface area contributed by atoms with Crippen LogP contribution in [0.1, 0.15) is 41.3 Å². The van der Waals surface area contributed by atoms with E-state index in [1.54, 1.807) is 0 Å². The van der Waals surface area contributed by atoms with Crippen molar-refractivity contribution in [3.63, 3.8) is 0 Å². The molecule has 0 amide bonds. The van der Waals surface area contributed by atoms with Gasteiger partial charge in [0.15, 0.2) is 5.78 Å². The third-order valence-corrected chi connectivity index (χ3v) is 2.66. The topological polar surface area (TPSA) is 43.1 Å². The summed E-state index contributed by atoms with van der Waals surface area (Å²) in [6, 6.07) is 5.94. The Morgan fingerprint density at radius 3 is 2.53 bits per heavy atom. The maximum absolute atomic E-state index is 11.8. The van der Waals surface area contributed by atoms with Crippen molar-refractivity contribution in [1.29, 1.82) is 0 Å². The predicted octanol–water partition coefficient (Wildman–Crippen LogP) is 2.61. The molecule has 82 valence electrons. The summed E-state index contributed by atoms with van der Waals surface area (Å²) in [5.41, 5.74) is 8.81. The summed E-state index contributed by atoms with van der Waals surface area (Å²) in [5, 5.41) is 0. The Bertz CT molecular complexity index is 356. The first-order chi connectivity index (χ1) is 7.00. The fraction of sp³-hybridized carbons (Fsp3) is 0.462. The van der Waals surface area contributed by atoms with Crippen LogP contribution in [-0.2, 0) is 0 Å². The van der Waals surface area contributed by atoms with Gasteiger partial charge in [0.1, 0.15) is 0 Å². The van der Waals surface area contributed by atoms with Crippen molar-refractivity contribution in [2.45, 2.75) is 39.7 Å². The Hall–Kier alpha value is -1.15. The van der Waals surface area contributed by atoms with E-state index in [0.29, 0.717) is 6.42 Å². The van der Waals surface area contributed by atoms with Crippen LogP contribution in [0.15, 0.2) is 18.2 Å². The minimum atomic E-state index is 0.0977. The van der Waals surface area contributed by atoms with Crippen LogP contribution in [0.2, 0.25) is 0 Å². The molecule has 2 nitrogen and oxygen atoms in total. The molecule has 0 fully saturated rings. The normalized spacial score (nSPS) is 12.5. The first kappa shape index (κ1) is 11.9. The monoisotopic (exact) mass is 205 g/mol. The fourth-order valence-corrected chi connectivity index (χ4v) is 1.42. The number of aryl methyl sites for hydroxylation is 2. The molecule has 1 unspecified atom stereocenters. The number of nitrogens with two attached hydrogens (primary N) is 1. The number of carbonyl (C=O) groups is 1. The number of hydrogen-bond donors (Lipinski definition) is 1. The van der Waals surface area contributed by atoms with Crippen LogP contribution in [0.4, 0.5) is 0 Å². The van der Waals surface area contributed by atoms with Gasteiger partial charge in [0, 0.05) is 18.0 Å². The standard InChI is InChI=1S/C13H19NO/c1-9-4-6-12(8-10(9)2)13(15)7-5-11(3)14/h4,6,8,11H,5,7,14H2,1-3H3. The zero-order valence-electron chi connectivity index (χ0n) is 9.71. The molecule has 0 bridgehead atoms. The number of Topliss-reactive ketones (excluding diaryl/α,β-unsaturated/α-hetero) is 1. The zero-order chi connectivity index (χ0) is 11.4. The first-order valence-corrected chi connectivity index (χ1v) is 5.36. The van der Waals surface area contributed by atoms with Gasteiger partial charge < -0.3 is 5.73 Å². The summed E-state index contributed by atoms with van der Waals surface area (Å²) in [7, 11) is 0. The van der Waals surface area contributed by atoms with Crippen molar-refractivity contribution in [1.82, 2.24) is 0 Å². The summed E-state index contributed by atoms with van der Waals surface area (Å²) >= 11 is 0. The molecule has 0 spiro atoms. The lowest BCUT2D eigenvalue weighted by atomic mass is 10.0. The van der Waals surface area contributed by atoms with Gasteiger partial charge in [-0.05, 0) is 44.4 Å². The van der Waals surface area contributed by atoms with Gasteiger partial charge in [0.2, 0.25) is 0 Å². The molecule has 15 heavy (non-hydrogen) atoms. The second-order valence-electron chi connectivity index (χ2n) is 4.24. The molecule has 0 aliphatic carbocycles. The van der Waals surface area contributed by atoms with Crippen LogP contribution >= 0.6 is 0 Å². The summed E-state index contributed by atoms with van der Waals surface area (Å²) in [4.78, 5) is 11.8. The Morgan fingerprint density at radius 1 is 1.33 bits per heavy atom. The lowest BCUT2D eigenvalue weighted by Gasteiger charge is -2.06. The zero-order valence-corrected chi connectivity index (χ0v) is 9.71. The largest absolute Gasteiger partial charge is 0.328 e. The van der Waals surface area contributed by atoms with Gasteiger partial charge in [-0.2, -0.15) is 0 Å². The molecule has 2 N–H and O–H groups in total. The number of benzene rings is 1. The number of ketones is 1. The number of carbonyl (C=O) groups excluding carboxylic acids is 1. The number of hydrogen-bond acceptors (Lipinski definition) is 2. The second kappa shape index (κ2) is 5.08. The highest BCUT2D eigenvalue weighted by atomic mass is 16.1. The summed E-state index contributed by atoms with van der Waals surface area (Å²) in [6.07, 6.45) is 1.30. The number of rotatable bonds is 4. The Morgan fingerprint density at radius 2 is 2.00 bits per heavy atom. The second-order valence-corrected chi connectivity index (χ2v) is 4.24. The smallest absolute Gasteiger partial charge is 0.162 e. The van der Waals surface area contributed by atoms with E-state index < -0.39 is 0 Å². The quantitative estimate of drug-likeness (QED) is 0.768. The van der Waals surface area contributed by atoms with Crippen LogP contribution in [0, 0.1) is 13.8 Å². The van der Waals surface area contributed by atoms with Gasteiger partial charge in [-0.25, -0.2) is 0 Å². The maximum Gasteiger partial charge on any atom is 0.162 e. The van der Waals surface area contributed by atoms with Gasteiger partial charge in [-0.15, -0.1) is 0 Å². The van der Waals surface area contributed by atoms with Crippen molar-refractivity contribution in [3.05, 3.63) is 34.9 Å². The molecule has 1 rings (SSSR count). The van der Waals surface area contributed by atoms with Gasteiger partial charge in [0.05, 0.1) is 0 Å². The van der Waals surface area contributed by atoms with Crippen molar-refractivity contribution in [3.8, 4) is 0 Å². The lowest BCUT2D eigenvalue weighted by Crippen LogP contribution is -2.16. The van der Waals surface area contributed by atoms with Crippen molar-refractivity contribution < 1.29 is 4.79 Å². The fourth-order valence-electron chi connectivity index (χ4n) is 1.42. The maximum atomic E-state index is 11.8.